The van der Waals surface area contributed by atoms with Gasteiger partial charge in [0, 0.05) is 13.1 Å². The molecular formula is C14H17F3N2O2. The Labute approximate surface area is 120 Å². The van der Waals surface area contributed by atoms with E-state index in [1.165, 1.54) is 12.0 Å². The van der Waals surface area contributed by atoms with Gasteiger partial charge in [-0.05, 0) is 24.1 Å². The van der Waals surface area contributed by atoms with Crippen molar-refractivity contribution < 1.29 is 22.7 Å². The number of amides is 1. The van der Waals surface area contributed by atoms with E-state index in [1.54, 1.807) is 24.3 Å². The molecule has 1 aliphatic heterocycles. The van der Waals surface area contributed by atoms with Crippen LogP contribution >= 0.6 is 0 Å². The number of rotatable bonds is 4. The summed E-state index contributed by atoms with van der Waals surface area (Å²) in [4.78, 5) is 12.9. The van der Waals surface area contributed by atoms with Gasteiger partial charge < -0.3 is 10.5 Å². The standard InChI is InChI=1S/C14H17F3N2O2/c1-21-11-4-2-9(3-5-11)7-19-8-10(14(15,16)17)6-12(19)13(18)20/h2-5,10,12H,6-8H2,1H3,(H2,18,20). The van der Waals surface area contributed by atoms with Crippen molar-refractivity contribution in [3.05, 3.63) is 29.8 Å². The minimum absolute atomic E-state index is 0.205. The smallest absolute Gasteiger partial charge is 0.393 e. The molecular weight excluding hydrogens is 285 g/mol. The number of nitrogens with two attached hydrogens (primary N) is 1. The van der Waals surface area contributed by atoms with Crippen LogP contribution in [0.4, 0.5) is 13.2 Å². The molecule has 1 fully saturated rings. The molecule has 1 aromatic carbocycles. The molecule has 1 aliphatic rings. The fourth-order valence-electron chi connectivity index (χ4n) is 2.58. The summed E-state index contributed by atoms with van der Waals surface area (Å²) in [5.74, 6) is -1.55. The van der Waals surface area contributed by atoms with Gasteiger partial charge in [-0.2, -0.15) is 13.2 Å². The van der Waals surface area contributed by atoms with Gasteiger partial charge in [-0.15, -0.1) is 0 Å². The number of hydrogen-bond donors (Lipinski definition) is 1. The maximum absolute atomic E-state index is 12.8. The molecule has 1 amide bonds. The minimum atomic E-state index is -4.30. The number of nitrogens with zero attached hydrogens (tertiary/aromatic N) is 1. The predicted molar refractivity (Wildman–Crippen MR) is 70.5 cm³/mol. The highest BCUT2D eigenvalue weighted by Gasteiger charge is 2.48. The second-order valence-electron chi connectivity index (χ2n) is 5.17. The topological polar surface area (TPSA) is 55.6 Å². The van der Waals surface area contributed by atoms with Crippen molar-refractivity contribution in [1.29, 1.82) is 0 Å². The molecule has 2 atom stereocenters. The van der Waals surface area contributed by atoms with Gasteiger partial charge in [0.25, 0.3) is 0 Å². The molecule has 7 heteroatoms. The number of carbonyl (C=O) groups is 1. The Morgan fingerprint density at radius 2 is 2.00 bits per heavy atom. The second-order valence-corrected chi connectivity index (χ2v) is 5.17. The Morgan fingerprint density at radius 1 is 1.38 bits per heavy atom. The minimum Gasteiger partial charge on any atom is -0.497 e. The van der Waals surface area contributed by atoms with Gasteiger partial charge in [-0.1, -0.05) is 12.1 Å². The first-order valence-corrected chi connectivity index (χ1v) is 6.54. The first-order valence-electron chi connectivity index (χ1n) is 6.54. The summed E-state index contributed by atoms with van der Waals surface area (Å²) in [5, 5.41) is 0. The van der Waals surface area contributed by atoms with Crippen LogP contribution in [0.25, 0.3) is 0 Å². The maximum Gasteiger partial charge on any atom is 0.393 e. The number of hydrogen-bond acceptors (Lipinski definition) is 3. The second kappa shape index (κ2) is 5.93. The van der Waals surface area contributed by atoms with Crippen molar-refractivity contribution in [2.24, 2.45) is 11.7 Å². The van der Waals surface area contributed by atoms with Crippen LogP contribution in [-0.4, -0.2) is 36.7 Å². The van der Waals surface area contributed by atoms with E-state index in [1.807, 2.05) is 0 Å². The van der Waals surface area contributed by atoms with Gasteiger partial charge >= 0.3 is 6.18 Å². The summed E-state index contributed by atoms with van der Waals surface area (Å²) in [6, 6.07) is 6.10. The molecule has 2 rings (SSSR count). The molecule has 2 N–H and O–H groups in total. The van der Waals surface area contributed by atoms with E-state index in [9.17, 15) is 18.0 Å². The highest BCUT2D eigenvalue weighted by molar-refractivity contribution is 5.80. The van der Waals surface area contributed by atoms with Crippen molar-refractivity contribution in [2.45, 2.75) is 25.2 Å². The van der Waals surface area contributed by atoms with Crippen LogP contribution < -0.4 is 10.5 Å². The lowest BCUT2D eigenvalue weighted by molar-refractivity contribution is -0.170. The molecule has 0 aromatic heterocycles. The molecule has 1 saturated heterocycles. The molecule has 0 aliphatic carbocycles. The lowest BCUT2D eigenvalue weighted by Gasteiger charge is -2.22. The SMILES string of the molecule is COc1ccc(CN2CC(C(F)(F)F)CC2C(N)=O)cc1. The molecule has 21 heavy (non-hydrogen) atoms. The average Bonchev–Trinajstić information content (AvgIpc) is 2.84. The van der Waals surface area contributed by atoms with Crippen molar-refractivity contribution in [1.82, 2.24) is 4.90 Å². The van der Waals surface area contributed by atoms with E-state index in [-0.39, 0.29) is 19.5 Å². The largest absolute Gasteiger partial charge is 0.497 e. The van der Waals surface area contributed by atoms with Crippen LogP contribution in [0.5, 0.6) is 5.75 Å². The first kappa shape index (κ1) is 15.6. The molecule has 116 valence electrons. The number of carbonyl (C=O) groups excluding carboxylic acids is 1. The molecule has 1 heterocycles. The van der Waals surface area contributed by atoms with Crippen LogP contribution in [-0.2, 0) is 11.3 Å². The lowest BCUT2D eigenvalue weighted by atomic mass is 10.1. The number of halogens is 3. The van der Waals surface area contributed by atoms with Crippen molar-refractivity contribution in [2.75, 3.05) is 13.7 Å². The average molecular weight is 302 g/mol. The Balaban J connectivity index is 2.10. The highest BCUT2D eigenvalue weighted by atomic mass is 19.4. The van der Waals surface area contributed by atoms with E-state index in [2.05, 4.69) is 0 Å². The number of alkyl halides is 3. The molecule has 1 aromatic rings. The summed E-state index contributed by atoms with van der Waals surface area (Å²) in [7, 11) is 1.53. The molecule has 0 bridgehead atoms. The third-order valence-electron chi connectivity index (χ3n) is 3.74. The normalized spacial score (nSPS) is 23.2. The monoisotopic (exact) mass is 302 g/mol. The number of benzene rings is 1. The van der Waals surface area contributed by atoms with Crippen LogP contribution in [0.3, 0.4) is 0 Å². The van der Waals surface area contributed by atoms with E-state index in [0.717, 1.165) is 5.56 Å². The Bertz CT molecular complexity index is 502. The van der Waals surface area contributed by atoms with E-state index in [0.29, 0.717) is 5.75 Å². The van der Waals surface area contributed by atoms with Gasteiger partial charge in [-0.3, -0.25) is 9.69 Å². The van der Waals surface area contributed by atoms with Gasteiger partial charge in [0.2, 0.25) is 5.91 Å². The van der Waals surface area contributed by atoms with Crippen LogP contribution in [0.2, 0.25) is 0 Å². The molecule has 4 nitrogen and oxygen atoms in total. The number of likely N-dealkylation sites (tertiary alicyclic amines) is 1. The van der Waals surface area contributed by atoms with Gasteiger partial charge in [0.1, 0.15) is 5.75 Å². The van der Waals surface area contributed by atoms with Crippen molar-refractivity contribution in [3.8, 4) is 5.75 Å². The number of ether oxygens (including phenoxy) is 1. The molecule has 0 saturated carbocycles. The molecule has 0 radical (unpaired) electrons. The fourth-order valence-corrected chi connectivity index (χ4v) is 2.58. The van der Waals surface area contributed by atoms with Gasteiger partial charge in [0.05, 0.1) is 19.1 Å². The zero-order valence-corrected chi connectivity index (χ0v) is 11.6. The van der Waals surface area contributed by atoms with Crippen molar-refractivity contribution >= 4 is 5.91 Å². The predicted octanol–water partition coefficient (Wildman–Crippen LogP) is 1.93. The summed E-state index contributed by atoms with van der Waals surface area (Å²) < 4.78 is 43.5. The summed E-state index contributed by atoms with van der Waals surface area (Å²) in [6.07, 6.45) is -4.57. The van der Waals surface area contributed by atoms with Gasteiger partial charge in [0.15, 0.2) is 0 Å². The van der Waals surface area contributed by atoms with Crippen LogP contribution in [0.1, 0.15) is 12.0 Å². The number of primary amides is 1. The van der Waals surface area contributed by atoms with Gasteiger partial charge in [-0.25, -0.2) is 0 Å². The quantitative estimate of drug-likeness (QED) is 0.924. The van der Waals surface area contributed by atoms with E-state index >= 15 is 0 Å². The number of methoxy groups -OCH3 is 1. The zero-order valence-electron chi connectivity index (χ0n) is 11.6. The van der Waals surface area contributed by atoms with E-state index < -0.39 is 24.0 Å². The molecule has 0 spiro atoms. The van der Waals surface area contributed by atoms with E-state index in [4.69, 9.17) is 10.5 Å². The first-order chi connectivity index (χ1) is 9.81. The Hall–Kier alpha value is -1.76. The third-order valence-corrected chi connectivity index (χ3v) is 3.74. The van der Waals surface area contributed by atoms with Crippen LogP contribution in [0.15, 0.2) is 24.3 Å². The fraction of sp³-hybridized carbons (Fsp3) is 0.500. The summed E-state index contributed by atoms with van der Waals surface area (Å²) >= 11 is 0. The van der Waals surface area contributed by atoms with Crippen molar-refractivity contribution in [3.63, 3.8) is 0 Å². The Kier molecular flexibility index (Phi) is 4.41. The third kappa shape index (κ3) is 3.66. The molecule has 2 unspecified atom stereocenters. The van der Waals surface area contributed by atoms with Crippen LogP contribution in [0, 0.1) is 5.92 Å². The highest BCUT2D eigenvalue weighted by Crippen LogP contribution is 2.37. The lowest BCUT2D eigenvalue weighted by Crippen LogP contribution is -2.39. The Morgan fingerprint density at radius 3 is 2.48 bits per heavy atom. The summed E-state index contributed by atoms with van der Waals surface area (Å²) in [6.45, 7) is 0.0489. The zero-order chi connectivity index (χ0) is 15.6. The maximum atomic E-state index is 12.8. The summed E-state index contributed by atoms with van der Waals surface area (Å²) in [5.41, 5.74) is 6.04.